The minimum atomic E-state index is -0.609. The summed E-state index contributed by atoms with van der Waals surface area (Å²) in [5.74, 6) is -0.974. The van der Waals surface area contributed by atoms with E-state index in [4.69, 9.17) is 5.21 Å². The van der Waals surface area contributed by atoms with Crippen LogP contribution in [0.3, 0.4) is 0 Å². The first-order chi connectivity index (χ1) is 11.1. The molecular formula is C16H16N3O4+. The van der Waals surface area contributed by atoms with Crippen molar-refractivity contribution in [2.45, 2.75) is 6.54 Å². The van der Waals surface area contributed by atoms with E-state index in [-0.39, 0.29) is 6.54 Å². The Balaban J connectivity index is 1.84. The molecule has 7 nitrogen and oxygen atoms in total. The van der Waals surface area contributed by atoms with Crippen LogP contribution in [-0.2, 0) is 6.54 Å². The first-order valence-corrected chi connectivity index (χ1v) is 6.85. The summed E-state index contributed by atoms with van der Waals surface area (Å²) in [7, 11) is 0. The molecule has 0 radical (unpaired) electrons. The van der Waals surface area contributed by atoms with Crippen LogP contribution in [0, 0.1) is 0 Å². The first-order valence-electron chi connectivity index (χ1n) is 6.85. The van der Waals surface area contributed by atoms with Gasteiger partial charge in [-0.25, -0.2) is 14.8 Å². The first kappa shape index (κ1) is 16.3. The Morgan fingerprint density at radius 3 is 2.17 bits per heavy atom. The molecule has 4 amide bonds. The number of carbonyl (C=O) groups excluding carboxylic acids is 3. The van der Waals surface area contributed by atoms with Crippen LogP contribution >= 0.6 is 0 Å². The van der Waals surface area contributed by atoms with E-state index in [1.54, 1.807) is 54.6 Å². The molecule has 0 atom stereocenters. The van der Waals surface area contributed by atoms with E-state index in [9.17, 15) is 14.4 Å². The fourth-order valence-electron chi connectivity index (χ4n) is 1.85. The largest absolute Gasteiger partial charge is 0.374 e. The molecular weight excluding hydrogens is 298 g/mol. The molecule has 0 spiro atoms. The summed E-state index contributed by atoms with van der Waals surface area (Å²) in [5, 5.41) is 13.4. The zero-order valence-corrected chi connectivity index (χ0v) is 12.2. The van der Waals surface area contributed by atoms with Crippen LogP contribution < -0.4 is 16.1 Å². The number of urea groups is 1. The number of imide groups is 1. The van der Waals surface area contributed by atoms with E-state index in [2.05, 4.69) is 10.6 Å². The molecule has 0 aliphatic carbocycles. The van der Waals surface area contributed by atoms with Gasteiger partial charge in [0.25, 0.3) is 5.91 Å². The number of carbonyl (C=O) groups is 3. The summed E-state index contributed by atoms with van der Waals surface area (Å²) < 4.78 is 0. The van der Waals surface area contributed by atoms with Crippen LogP contribution in [0.25, 0.3) is 0 Å². The number of hydroxylamine groups is 1. The van der Waals surface area contributed by atoms with Gasteiger partial charge in [-0.15, -0.1) is 5.48 Å². The molecule has 0 heterocycles. The summed E-state index contributed by atoms with van der Waals surface area (Å²) in [5.41, 5.74) is 1.99. The van der Waals surface area contributed by atoms with E-state index >= 15 is 0 Å². The fourth-order valence-corrected chi connectivity index (χ4v) is 1.85. The van der Waals surface area contributed by atoms with E-state index in [1.807, 2.05) is 0 Å². The third kappa shape index (κ3) is 4.73. The molecule has 2 aromatic rings. The molecule has 0 saturated carbocycles. The number of quaternary nitrogens is 1. The van der Waals surface area contributed by atoms with Crippen molar-refractivity contribution in [1.29, 1.82) is 0 Å². The maximum Gasteiger partial charge on any atom is 0.374 e. The predicted octanol–water partition coefficient (Wildman–Crippen LogP) is 0.419. The lowest BCUT2D eigenvalue weighted by Crippen LogP contribution is -2.84. The van der Waals surface area contributed by atoms with Gasteiger partial charge in [-0.3, -0.25) is 10.1 Å². The number of nitrogens with two attached hydrogens (primary N) is 1. The van der Waals surface area contributed by atoms with Gasteiger partial charge in [0.15, 0.2) is 0 Å². The zero-order chi connectivity index (χ0) is 16.7. The van der Waals surface area contributed by atoms with E-state index in [0.29, 0.717) is 16.6 Å². The number of amides is 4. The summed E-state index contributed by atoms with van der Waals surface area (Å²) in [6, 6.07) is 14.2. The lowest BCUT2D eigenvalue weighted by atomic mass is 10.1. The SMILES string of the molecule is O=C(NCc1ccc(C(=O)[NH2+]O)cc1)NC(=O)c1ccccc1. The highest BCUT2D eigenvalue weighted by Gasteiger charge is 2.10. The molecule has 0 aliphatic rings. The average Bonchev–Trinajstić information content (AvgIpc) is 2.60. The Morgan fingerprint density at radius 1 is 0.913 bits per heavy atom. The second-order valence-corrected chi connectivity index (χ2v) is 4.69. The molecule has 0 unspecified atom stereocenters. The van der Waals surface area contributed by atoms with Gasteiger partial charge in [0, 0.05) is 12.1 Å². The Kier molecular flexibility index (Phi) is 5.56. The fraction of sp³-hybridized carbons (Fsp3) is 0.0625. The monoisotopic (exact) mass is 314 g/mol. The summed E-state index contributed by atoms with van der Waals surface area (Å²) >= 11 is 0. The highest BCUT2D eigenvalue weighted by atomic mass is 16.5. The van der Waals surface area contributed by atoms with Crippen LogP contribution in [0.2, 0.25) is 0 Å². The smallest absolute Gasteiger partial charge is 0.334 e. The highest BCUT2D eigenvalue weighted by molar-refractivity contribution is 6.04. The molecule has 2 aromatic carbocycles. The summed E-state index contributed by atoms with van der Waals surface area (Å²) in [6.07, 6.45) is 0. The lowest BCUT2D eigenvalue weighted by molar-refractivity contribution is -0.809. The van der Waals surface area contributed by atoms with Gasteiger partial charge in [-0.2, -0.15) is 0 Å². The van der Waals surface area contributed by atoms with Crippen LogP contribution in [0.5, 0.6) is 0 Å². The average molecular weight is 314 g/mol. The van der Waals surface area contributed by atoms with Gasteiger partial charge in [-0.1, -0.05) is 30.3 Å². The van der Waals surface area contributed by atoms with Crippen molar-refractivity contribution in [2.75, 3.05) is 0 Å². The van der Waals surface area contributed by atoms with Crippen LogP contribution in [-0.4, -0.2) is 23.1 Å². The Morgan fingerprint density at radius 2 is 1.57 bits per heavy atom. The minimum Gasteiger partial charge on any atom is -0.334 e. The third-order valence-electron chi connectivity index (χ3n) is 3.07. The number of hydrogen-bond acceptors (Lipinski definition) is 4. The van der Waals surface area contributed by atoms with Crippen molar-refractivity contribution in [2.24, 2.45) is 0 Å². The van der Waals surface area contributed by atoms with Crippen molar-refractivity contribution in [3.8, 4) is 0 Å². The van der Waals surface area contributed by atoms with Gasteiger partial charge in [0.1, 0.15) is 0 Å². The number of hydrogen-bond donors (Lipinski definition) is 4. The maximum absolute atomic E-state index is 11.8. The molecule has 7 heteroatoms. The van der Waals surface area contributed by atoms with Crippen LogP contribution in [0.1, 0.15) is 26.3 Å². The van der Waals surface area contributed by atoms with Crippen LogP contribution in [0.4, 0.5) is 4.79 Å². The molecule has 118 valence electrons. The maximum atomic E-state index is 11.8. The molecule has 23 heavy (non-hydrogen) atoms. The molecule has 0 saturated heterocycles. The molecule has 0 fully saturated rings. The zero-order valence-electron chi connectivity index (χ0n) is 12.2. The third-order valence-corrected chi connectivity index (χ3v) is 3.07. The van der Waals surface area contributed by atoms with Crippen molar-refractivity contribution in [3.63, 3.8) is 0 Å². The molecule has 0 aliphatic heterocycles. The lowest BCUT2D eigenvalue weighted by Gasteiger charge is -2.07. The van der Waals surface area contributed by atoms with Gasteiger partial charge in [-0.05, 0) is 29.8 Å². The normalized spacial score (nSPS) is 9.96. The Bertz CT molecular complexity index is 699. The number of primary amides is 1. The van der Waals surface area contributed by atoms with Gasteiger partial charge < -0.3 is 5.32 Å². The second kappa shape index (κ2) is 7.83. The molecule has 0 bridgehead atoms. The topological polar surface area (TPSA) is 112 Å². The Labute approximate surface area is 132 Å². The van der Waals surface area contributed by atoms with Gasteiger partial charge >= 0.3 is 11.9 Å². The van der Waals surface area contributed by atoms with E-state index < -0.39 is 17.8 Å². The standard InChI is InChI=1S/C16H15N3O4/c20-14(12-4-2-1-3-5-12)18-16(22)17-10-11-6-8-13(9-7-11)15(21)19-23/h1-9,23H,10H2,(H,19,21)(H2,17,18,20,22)/p+1. The number of nitrogens with one attached hydrogen (secondary N) is 2. The quantitative estimate of drug-likeness (QED) is 0.484. The summed E-state index contributed by atoms with van der Waals surface area (Å²) in [4.78, 5) is 34.7. The van der Waals surface area contributed by atoms with Gasteiger partial charge in [0.2, 0.25) is 0 Å². The number of rotatable bonds is 4. The molecule has 2 rings (SSSR count). The van der Waals surface area contributed by atoms with Crippen molar-refractivity contribution in [1.82, 2.24) is 10.6 Å². The summed E-state index contributed by atoms with van der Waals surface area (Å²) in [6.45, 7) is 0.200. The van der Waals surface area contributed by atoms with Crippen molar-refractivity contribution in [3.05, 3.63) is 71.3 Å². The van der Waals surface area contributed by atoms with E-state index in [0.717, 1.165) is 5.56 Å². The van der Waals surface area contributed by atoms with Crippen LogP contribution in [0.15, 0.2) is 54.6 Å². The molecule has 5 N–H and O–H groups in total. The minimum absolute atomic E-state index is 0.200. The van der Waals surface area contributed by atoms with Crippen molar-refractivity contribution >= 4 is 17.8 Å². The molecule has 0 aromatic heterocycles. The van der Waals surface area contributed by atoms with E-state index in [1.165, 1.54) is 0 Å². The van der Waals surface area contributed by atoms with Gasteiger partial charge in [0.05, 0.1) is 5.56 Å². The second-order valence-electron chi connectivity index (χ2n) is 4.69. The van der Waals surface area contributed by atoms with Crippen molar-refractivity contribution < 1.29 is 25.1 Å². The predicted molar refractivity (Wildman–Crippen MR) is 80.6 cm³/mol. The Hall–Kier alpha value is -3.03. The highest BCUT2D eigenvalue weighted by Crippen LogP contribution is 2.03. The number of benzene rings is 2.